The lowest BCUT2D eigenvalue weighted by molar-refractivity contribution is -0.137. The van der Waals surface area contributed by atoms with E-state index in [2.05, 4.69) is 26.9 Å². The van der Waals surface area contributed by atoms with Gasteiger partial charge in [-0.2, -0.15) is 18.3 Å². The first-order valence-electron chi connectivity index (χ1n) is 11.8. The van der Waals surface area contributed by atoms with Crippen LogP contribution >= 0.6 is 11.3 Å². The van der Waals surface area contributed by atoms with Crippen LogP contribution in [0.3, 0.4) is 0 Å². The number of benzene rings is 3. The van der Waals surface area contributed by atoms with Crippen LogP contribution in [-0.2, 0) is 24.0 Å². The number of hydrogen-bond donors (Lipinski definition) is 2. The van der Waals surface area contributed by atoms with Crippen LogP contribution in [0.15, 0.2) is 77.2 Å². The van der Waals surface area contributed by atoms with E-state index < -0.39 is 17.6 Å². The summed E-state index contributed by atoms with van der Waals surface area (Å²) in [6, 6.07) is 18.2. The highest BCUT2D eigenvalue weighted by molar-refractivity contribution is 7.13. The van der Waals surface area contributed by atoms with Gasteiger partial charge in [0.15, 0.2) is 16.6 Å². The Morgan fingerprint density at radius 2 is 1.90 bits per heavy atom. The lowest BCUT2D eigenvalue weighted by atomic mass is 10.1. The summed E-state index contributed by atoms with van der Waals surface area (Å²) in [5.74, 6) is 0.715. The zero-order valence-corrected chi connectivity index (χ0v) is 21.9. The van der Waals surface area contributed by atoms with Gasteiger partial charge in [0.1, 0.15) is 6.61 Å². The molecule has 0 spiro atoms. The molecule has 11 heteroatoms. The number of ether oxygens (including phenoxy) is 2. The monoisotopic (exact) mass is 554 g/mol. The molecule has 0 atom stereocenters. The minimum Gasteiger partial charge on any atom is -0.493 e. The van der Waals surface area contributed by atoms with E-state index in [9.17, 15) is 18.0 Å². The zero-order chi connectivity index (χ0) is 27.8. The number of hydrogen-bond acceptors (Lipinski definition) is 7. The van der Waals surface area contributed by atoms with Gasteiger partial charge in [0, 0.05) is 11.1 Å². The first-order chi connectivity index (χ1) is 18.7. The summed E-state index contributed by atoms with van der Waals surface area (Å²) >= 11 is 1.18. The summed E-state index contributed by atoms with van der Waals surface area (Å²) in [6.45, 7) is 2.42. The molecular formula is C28H25F3N4O3S. The van der Waals surface area contributed by atoms with Gasteiger partial charge in [0.25, 0.3) is 0 Å². The average molecular weight is 555 g/mol. The van der Waals surface area contributed by atoms with Crippen LogP contribution in [0, 0.1) is 6.92 Å². The van der Waals surface area contributed by atoms with Gasteiger partial charge in [0.05, 0.1) is 31.0 Å². The highest BCUT2D eigenvalue weighted by Gasteiger charge is 2.30. The molecule has 0 aliphatic heterocycles. The molecule has 3 aromatic carbocycles. The third-order valence-corrected chi connectivity index (χ3v) is 6.21. The van der Waals surface area contributed by atoms with Gasteiger partial charge in [-0.15, -0.1) is 11.3 Å². The molecule has 7 nitrogen and oxygen atoms in total. The van der Waals surface area contributed by atoms with Crippen molar-refractivity contribution in [2.75, 3.05) is 12.4 Å². The van der Waals surface area contributed by atoms with E-state index in [1.165, 1.54) is 29.7 Å². The Labute approximate surface area is 227 Å². The molecular weight excluding hydrogens is 529 g/mol. The molecule has 0 fully saturated rings. The molecule has 1 amide bonds. The summed E-state index contributed by atoms with van der Waals surface area (Å²) in [5, 5.41) is 8.85. The Kier molecular flexibility index (Phi) is 8.82. The normalized spacial score (nSPS) is 11.4. The highest BCUT2D eigenvalue weighted by atomic mass is 32.1. The molecule has 4 rings (SSSR count). The maximum Gasteiger partial charge on any atom is 0.416 e. The lowest BCUT2D eigenvalue weighted by Crippen LogP contribution is -2.19. The minimum absolute atomic E-state index is 0.0484. The van der Waals surface area contributed by atoms with Crippen molar-refractivity contribution in [3.05, 3.63) is 100 Å². The Morgan fingerprint density at radius 1 is 1.08 bits per heavy atom. The minimum atomic E-state index is -4.44. The van der Waals surface area contributed by atoms with Crippen molar-refractivity contribution in [3.63, 3.8) is 0 Å². The van der Waals surface area contributed by atoms with Crippen molar-refractivity contribution in [2.45, 2.75) is 26.1 Å². The molecule has 0 radical (unpaired) electrons. The van der Waals surface area contributed by atoms with Crippen molar-refractivity contribution in [3.8, 4) is 11.5 Å². The molecule has 202 valence electrons. The molecule has 0 aliphatic carbocycles. The zero-order valence-electron chi connectivity index (χ0n) is 21.1. The quantitative estimate of drug-likeness (QED) is 0.173. The SMILES string of the molecule is COc1cc(/C=N\NC(=O)Cc2csc(Nc3cccc(C(F)(F)F)c3)n2)ccc1OCc1cccc(C)c1. The second-order valence-corrected chi connectivity index (χ2v) is 9.36. The average Bonchev–Trinajstić information content (AvgIpc) is 3.33. The molecule has 0 saturated carbocycles. The number of halogens is 3. The van der Waals surface area contributed by atoms with E-state index in [1.807, 2.05) is 25.1 Å². The number of amides is 1. The first kappa shape index (κ1) is 27.6. The van der Waals surface area contributed by atoms with Gasteiger partial charge in [-0.05, 0) is 54.4 Å². The third-order valence-electron chi connectivity index (χ3n) is 5.40. The fraction of sp³-hybridized carbons (Fsp3) is 0.179. The number of aromatic nitrogens is 1. The number of hydrazone groups is 1. The topological polar surface area (TPSA) is 84.8 Å². The van der Waals surface area contributed by atoms with Gasteiger partial charge in [-0.25, -0.2) is 10.4 Å². The Bertz CT molecular complexity index is 1470. The van der Waals surface area contributed by atoms with Gasteiger partial charge in [-0.1, -0.05) is 35.9 Å². The van der Waals surface area contributed by atoms with Crippen LogP contribution < -0.4 is 20.2 Å². The lowest BCUT2D eigenvalue weighted by Gasteiger charge is -2.11. The maximum atomic E-state index is 12.9. The summed E-state index contributed by atoms with van der Waals surface area (Å²) < 4.78 is 50.1. The number of methoxy groups -OCH3 is 1. The number of thiazole rings is 1. The van der Waals surface area contributed by atoms with Crippen molar-refractivity contribution in [1.29, 1.82) is 0 Å². The molecule has 39 heavy (non-hydrogen) atoms. The van der Waals surface area contributed by atoms with Crippen molar-refractivity contribution in [1.82, 2.24) is 10.4 Å². The second-order valence-electron chi connectivity index (χ2n) is 8.51. The Hall–Kier alpha value is -4.38. The summed E-state index contributed by atoms with van der Waals surface area (Å²) in [5.41, 5.74) is 5.28. The van der Waals surface area contributed by atoms with Gasteiger partial charge in [-0.3, -0.25) is 4.79 Å². The number of nitrogens with one attached hydrogen (secondary N) is 2. The van der Waals surface area contributed by atoms with E-state index in [4.69, 9.17) is 9.47 Å². The number of rotatable bonds is 10. The number of aryl methyl sites for hydroxylation is 1. The Balaban J connectivity index is 1.29. The van der Waals surface area contributed by atoms with Gasteiger partial charge >= 0.3 is 6.18 Å². The summed E-state index contributed by atoms with van der Waals surface area (Å²) in [4.78, 5) is 16.6. The number of nitrogens with zero attached hydrogens (tertiary/aromatic N) is 2. The fourth-order valence-electron chi connectivity index (χ4n) is 3.57. The van der Waals surface area contributed by atoms with Crippen LogP contribution in [0.2, 0.25) is 0 Å². The predicted octanol–water partition coefficient (Wildman–Crippen LogP) is 6.49. The molecule has 0 saturated heterocycles. The molecule has 0 unspecified atom stereocenters. The van der Waals surface area contributed by atoms with Crippen molar-refractivity contribution in [2.24, 2.45) is 5.10 Å². The molecule has 1 heterocycles. The molecule has 0 aliphatic rings. The van der Waals surface area contributed by atoms with Crippen LogP contribution in [0.4, 0.5) is 24.0 Å². The van der Waals surface area contributed by atoms with Crippen LogP contribution in [0.5, 0.6) is 11.5 Å². The predicted molar refractivity (Wildman–Crippen MR) is 145 cm³/mol. The molecule has 0 bridgehead atoms. The molecule has 4 aromatic rings. The van der Waals surface area contributed by atoms with Crippen molar-refractivity contribution < 1.29 is 27.4 Å². The van der Waals surface area contributed by atoms with E-state index >= 15 is 0 Å². The standard InChI is InChI=1S/C28H25F3N4O3S/c1-18-5-3-6-20(11-18)16-38-24-10-9-19(12-25(24)37-2)15-32-35-26(36)14-23-17-39-27(34-23)33-22-8-4-7-21(13-22)28(29,30)31/h3-13,15,17H,14,16H2,1-2H3,(H,33,34)(H,35,36)/b32-15-. The summed E-state index contributed by atoms with van der Waals surface area (Å²) in [6.07, 6.45) is -3.01. The van der Waals surface area contributed by atoms with E-state index in [1.54, 1.807) is 30.7 Å². The summed E-state index contributed by atoms with van der Waals surface area (Å²) in [7, 11) is 1.54. The van der Waals surface area contributed by atoms with Crippen LogP contribution in [0.25, 0.3) is 0 Å². The van der Waals surface area contributed by atoms with Gasteiger partial charge < -0.3 is 14.8 Å². The smallest absolute Gasteiger partial charge is 0.416 e. The molecule has 1 aromatic heterocycles. The van der Waals surface area contributed by atoms with E-state index in [-0.39, 0.29) is 12.1 Å². The molecule has 2 N–H and O–H groups in total. The number of anilines is 2. The van der Waals surface area contributed by atoms with Crippen molar-refractivity contribution >= 4 is 34.3 Å². The fourth-order valence-corrected chi connectivity index (χ4v) is 4.30. The largest absolute Gasteiger partial charge is 0.493 e. The first-order valence-corrected chi connectivity index (χ1v) is 12.6. The second kappa shape index (κ2) is 12.4. The highest BCUT2D eigenvalue weighted by Crippen LogP contribution is 2.32. The van der Waals surface area contributed by atoms with Crippen LogP contribution in [0.1, 0.15) is 27.9 Å². The number of carbonyl (C=O) groups excluding carboxylic acids is 1. The van der Waals surface area contributed by atoms with Crippen LogP contribution in [-0.4, -0.2) is 24.2 Å². The van der Waals surface area contributed by atoms with Gasteiger partial charge in [0.2, 0.25) is 5.91 Å². The van der Waals surface area contributed by atoms with E-state index in [0.29, 0.717) is 34.5 Å². The Morgan fingerprint density at radius 3 is 2.67 bits per heavy atom. The maximum absolute atomic E-state index is 12.9. The number of carbonyl (C=O) groups is 1. The third kappa shape index (κ3) is 8.05. The number of alkyl halides is 3. The van der Waals surface area contributed by atoms with E-state index in [0.717, 1.165) is 23.3 Å².